The maximum absolute atomic E-state index is 5.32. The Morgan fingerprint density at radius 3 is 2.69 bits per heavy atom. The van der Waals surface area contributed by atoms with E-state index in [4.69, 9.17) is 4.42 Å². The highest BCUT2D eigenvalue weighted by Gasteiger charge is 2.14. The predicted octanol–water partition coefficient (Wildman–Crippen LogP) is 2.13. The van der Waals surface area contributed by atoms with E-state index >= 15 is 0 Å². The molecule has 0 aliphatic rings. The zero-order valence-corrected chi connectivity index (χ0v) is 8.29. The van der Waals surface area contributed by atoms with Gasteiger partial charge in [-0.05, 0) is 18.2 Å². The van der Waals surface area contributed by atoms with Crippen LogP contribution in [0.25, 0.3) is 23.0 Å². The predicted molar refractivity (Wildman–Crippen MR) is 57.3 cm³/mol. The molecule has 0 aliphatic carbocycles. The molecule has 0 aliphatic heterocycles. The van der Waals surface area contributed by atoms with Gasteiger partial charge in [-0.1, -0.05) is 0 Å². The lowest BCUT2D eigenvalue weighted by Gasteiger charge is -1.96. The van der Waals surface area contributed by atoms with E-state index in [-0.39, 0.29) is 0 Å². The fourth-order valence-corrected chi connectivity index (χ4v) is 1.49. The highest BCUT2D eigenvalue weighted by molar-refractivity contribution is 5.70. The van der Waals surface area contributed by atoms with E-state index in [1.54, 1.807) is 18.5 Å². The summed E-state index contributed by atoms with van der Waals surface area (Å²) in [6.07, 6.45) is 6.56. The second kappa shape index (κ2) is 3.62. The minimum absolute atomic E-state index is 0.532. The first-order valence-corrected chi connectivity index (χ1v) is 4.80. The topological polar surface area (TPSA) is 67.6 Å². The summed E-state index contributed by atoms with van der Waals surface area (Å²) < 4.78 is 5.32. The maximum atomic E-state index is 5.32. The zero-order chi connectivity index (χ0) is 10.8. The highest BCUT2D eigenvalue weighted by Crippen LogP contribution is 2.26. The number of aromatic amines is 1. The van der Waals surface area contributed by atoms with Gasteiger partial charge in [0.25, 0.3) is 0 Å². The monoisotopic (exact) mass is 212 g/mol. The van der Waals surface area contributed by atoms with Gasteiger partial charge >= 0.3 is 0 Å². The van der Waals surface area contributed by atoms with Crippen molar-refractivity contribution >= 4 is 0 Å². The third kappa shape index (κ3) is 1.38. The van der Waals surface area contributed by atoms with Gasteiger partial charge in [-0.3, -0.25) is 0 Å². The highest BCUT2D eigenvalue weighted by atomic mass is 16.3. The molecule has 5 heteroatoms. The molecule has 0 bridgehead atoms. The summed E-state index contributed by atoms with van der Waals surface area (Å²) in [5.41, 5.74) is 1.60. The quantitative estimate of drug-likeness (QED) is 0.706. The Hall–Kier alpha value is -2.43. The third-order valence-corrected chi connectivity index (χ3v) is 2.19. The van der Waals surface area contributed by atoms with Gasteiger partial charge in [-0.2, -0.15) is 0 Å². The fraction of sp³-hybridized carbons (Fsp3) is 0. The van der Waals surface area contributed by atoms with Crippen molar-refractivity contribution in [3.05, 3.63) is 43.2 Å². The Bertz CT molecular complexity index is 571. The van der Waals surface area contributed by atoms with Crippen molar-refractivity contribution in [3.63, 3.8) is 0 Å². The van der Waals surface area contributed by atoms with E-state index < -0.39 is 0 Å². The summed E-state index contributed by atoms with van der Waals surface area (Å²) >= 11 is 0. The molecule has 3 aromatic rings. The molecule has 0 amide bonds. The average molecular weight is 212 g/mol. The number of H-pyrrole nitrogens is 1. The van der Waals surface area contributed by atoms with Crippen molar-refractivity contribution in [2.24, 2.45) is 0 Å². The number of nitrogens with one attached hydrogen (secondary N) is 1. The Morgan fingerprint density at radius 2 is 1.94 bits per heavy atom. The van der Waals surface area contributed by atoms with Gasteiger partial charge in [0, 0.05) is 18.6 Å². The molecule has 0 fully saturated rings. The molecule has 0 aromatic carbocycles. The fourth-order valence-electron chi connectivity index (χ4n) is 1.49. The zero-order valence-electron chi connectivity index (χ0n) is 8.29. The van der Waals surface area contributed by atoms with E-state index in [2.05, 4.69) is 19.9 Å². The van der Waals surface area contributed by atoms with Crippen LogP contribution in [0.5, 0.6) is 0 Å². The molecule has 0 saturated heterocycles. The van der Waals surface area contributed by atoms with Gasteiger partial charge < -0.3 is 9.40 Å². The van der Waals surface area contributed by atoms with Crippen molar-refractivity contribution < 1.29 is 4.42 Å². The molecule has 0 atom stereocenters. The van der Waals surface area contributed by atoms with E-state index in [1.165, 1.54) is 6.39 Å². The van der Waals surface area contributed by atoms with Crippen LogP contribution < -0.4 is 0 Å². The maximum Gasteiger partial charge on any atom is 0.201 e. The van der Waals surface area contributed by atoms with Crippen molar-refractivity contribution in [2.75, 3.05) is 0 Å². The normalized spacial score (nSPS) is 10.5. The molecule has 0 saturated carbocycles. The third-order valence-electron chi connectivity index (χ3n) is 2.19. The molecule has 0 spiro atoms. The van der Waals surface area contributed by atoms with Crippen LogP contribution in [0.2, 0.25) is 0 Å². The second-order valence-corrected chi connectivity index (χ2v) is 3.19. The van der Waals surface area contributed by atoms with Gasteiger partial charge in [-0.25, -0.2) is 15.0 Å². The van der Waals surface area contributed by atoms with Crippen LogP contribution in [0.4, 0.5) is 0 Å². The van der Waals surface area contributed by atoms with Crippen LogP contribution in [0.1, 0.15) is 0 Å². The summed E-state index contributed by atoms with van der Waals surface area (Å²) in [4.78, 5) is 15.5. The van der Waals surface area contributed by atoms with E-state index in [1.807, 2.05) is 18.3 Å². The van der Waals surface area contributed by atoms with Crippen molar-refractivity contribution in [3.8, 4) is 23.0 Å². The number of hydrogen-bond acceptors (Lipinski definition) is 4. The molecule has 3 rings (SSSR count). The lowest BCUT2D eigenvalue weighted by molar-refractivity contribution is 0.567. The van der Waals surface area contributed by atoms with Crippen LogP contribution in [0.3, 0.4) is 0 Å². The van der Waals surface area contributed by atoms with Gasteiger partial charge in [0.1, 0.15) is 5.69 Å². The van der Waals surface area contributed by atoms with E-state index in [0.29, 0.717) is 11.6 Å². The average Bonchev–Trinajstić information content (AvgIpc) is 3.01. The van der Waals surface area contributed by atoms with Gasteiger partial charge in [0.2, 0.25) is 5.76 Å². The standard InChI is InChI=1S/C11H8N4O/c1-3-8(12-4-1)9-10(16-7-15-9)11-13-5-2-6-14-11/h1-7,12H. The van der Waals surface area contributed by atoms with Crippen LogP contribution in [-0.2, 0) is 0 Å². The van der Waals surface area contributed by atoms with Crippen LogP contribution in [-0.4, -0.2) is 19.9 Å². The van der Waals surface area contributed by atoms with Crippen molar-refractivity contribution in [1.29, 1.82) is 0 Å². The summed E-state index contributed by atoms with van der Waals surface area (Å²) in [7, 11) is 0. The molecule has 78 valence electrons. The van der Waals surface area contributed by atoms with Gasteiger partial charge in [0.15, 0.2) is 12.2 Å². The van der Waals surface area contributed by atoms with Crippen LogP contribution in [0.15, 0.2) is 47.6 Å². The molecule has 0 radical (unpaired) electrons. The minimum atomic E-state index is 0.532. The summed E-state index contributed by atoms with van der Waals surface area (Å²) in [5, 5.41) is 0. The van der Waals surface area contributed by atoms with Gasteiger partial charge in [-0.15, -0.1) is 0 Å². The van der Waals surface area contributed by atoms with Crippen LogP contribution >= 0.6 is 0 Å². The minimum Gasteiger partial charge on any atom is -0.439 e. The SMILES string of the molecule is c1cnc(-c2ocnc2-c2ccc[nH]2)nc1. The molecule has 5 nitrogen and oxygen atoms in total. The lowest BCUT2D eigenvalue weighted by Crippen LogP contribution is -1.88. The number of oxazole rings is 1. The molecule has 16 heavy (non-hydrogen) atoms. The Kier molecular flexibility index (Phi) is 2.00. The first-order chi connectivity index (χ1) is 7.95. The smallest absolute Gasteiger partial charge is 0.201 e. The van der Waals surface area contributed by atoms with E-state index in [0.717, 1.165) is 11.4 Å². The van der Waals surface area contributed by atoms with Crippen molar-refractivity contribution in [1.82, 2.24) is 19.9 Å². The Balaban J connectivity index is 2.14. The molecule has 1 N–H and O–H groups in total. The summed E-state index contributed by atoms with van der Waals surface area (Å²) in [5.74, 6) is 1.10. The summed E-state index contributed by atoms with van der Waals surface area (Å²) in [6, 6.07) is 5.58. The molecule has 3 heterocycles. The molecular formula is C11H8N4O. The largest absolute Gasteiger partial charge is 0.439 e. The molecular weight excluding hydrogens is 204 g/mol. The first-order valence-electron chi connectivity index (χ1n) is 4.80. The Morgan fingerprint density at radius 1 is 1.06 bits per heavy atom. The number of rotatable bonds is 2. The lowest BCUT2D eigenvalue weighted by atomic mass is 10.2. The van der Waals surface area contributed by atoms with E-state index in [9.17, 15) is 0 Å². The number of hydrogen-bond donors (Lipinski definition) is 1. The molecule has 3 aromatic heterocycles. The van der Waals surface area contributed by atoms with Crippen molar-refractivity contribution in [2.45, 2.75) is 0 Å². The molecule has 0 unspecified atom stereocenters. The number of aromatic nitrogens is 4. The first kappa shape index (κ1) is 8.84. The Labute approximate surface area is 91.2 Å². The second-order valence-electron chi connectivity index (χ2n) is 3.19. The van der Waals surface area contributed by atoms with Gasteiger partial charge in [0.05, 0.1) is 5.69 Å². The summed E-state index contributed by atoms with van der Waals surface area (Å²) in [6.45, 7) is 0. The van der Waals surface area contributed by atoms with Crippen LogP contribution in [0, 0.1) is 0 Å². The number of nitrogens with zero attached hydrogens (tertiary/aromatic N) is 3.